The molecule has 0 bridgehead atoms. The summed E-state index contributed by atoms with van der Waals surface area (Å²) in [5.41, 5.74) is 7.43. The van der Waals surface area contributed by atoms with E-state index in [-0.39, 0.29) is 0 Å². The minimum atomic E-state index is 0.296. The van der Waals surface area contributed by atoms with Gasteiger partial charge in [0.1, 0.15) is 5.75 Å². The zero-order valence-electron chi connectivity index (χ0n) is 12.2. The maximum absolute atomic E-state index is 6.24. The highest BCUT2D eigenvalue weighted by Gasteiger charge is 2.28. The molecule has 0 unspecified atom stereocenters. The van der Waals surface area contributed by atoms with Crippen LogP contribution in [-0.2, 0) is 0 Å². The summed E-state index contributed by atoms with van der Waals surface area (Å²) in [5, 5.41) is 2.08. The van der Waals surface area contributed by atoms with Gasteiger partial charge < -0.3 is 10.5 Å². The lowest BCUT2D eigenvalue weighted by atomic mass is 9.76. The van der Waals surface area contributed by atoms with E-state index in [9.17, 15) is 0 Å². The van der Waals surface area contributed by atoms with Crippen LogP contribution in [0.25, 0.3) is 10.8 Å². The predicted molar refractivity (Wildman–Crippen MR) is 82.8 cm³/mol. The molecule has 20 heavy (non-hydrogen) atoms. The molecule has 0 spiro atoms. The summed E-state index contributed by atoms with van der Waals surface area (Å²) in [7, 11) is 0. The number of fused-ring (bicyclic) bond motifs is 1. The van der Waals surface area contributed by atoms with E-state index >= 15 is 0 Å². The molecule has 0 atom stereocenters. The molecule has 1 fully saturated rings. The Bertz CT molecular complexity index is 611. The van der Waals surface area contributed by atoms with Gasteiger partial charge in [0.2, 0.25) is 0 Å². The fraction of sp³-hybridized carbons (Fsp3) is 0.471. The Balaban J connectivity index is 1.80. The fourth-order valence-corrected chi connectivity index (χ4v) is 2.95. The third-order valence-electron chi connectivity index (χ3n) is 4.40. The maximum Gasteiger partial charge on any atom is 0.143 e. The molecule has 1 aromatic carbocycles. The second kappa shape index (κ2) is 4.97. The van der Waals surface area contributed by atoms with E-state index in [4.69, 9.17) is 10.5 Å². The number of nitrogens with two attached hydrogens (primary N) is 1. The average molecular weight is 270 g/mol. The van der Waals surface area contributed by atoms with E-state index in [1.165, 1.54) is 12.8 Å². The van der Waals surface area contributed by atoms with Gasteiger partial charge in [-0.2, -0.15) is 0 Å². The predicted octanol–water partition coefficient (Wildman–Crippen LogP) is 4.16. The second-order valence-corrected chi connectivity index (χ2v) is 6.56. The van der Waals surface area contributed by atoms with Crippen LogP contribution in [0.15, 0.2) is 30.6 Å². The van der Waals surface area contributed by atoms with Crippen LogP contribution in [0.3, 0.4) is 0 Å². The lowest BCUT2D eigenvalue weighted by Crippen LogP contribution is -2.28. The lowest BCUT2D eigenvalue weighted by molar-refractivity contribution is 0.0995. The number of benzene rings is 1. The Morgan fingerprint density at radius 2 is 1.95 bits per heavy atom. The molecule has 1 saturated carbocycles. The number of aromatic nitrogens is 1. The van der Waals surface area contributed by atoms with Gasteiger partial charge >= 0.3 is 0 Å². The molecule has 106 valence electrons. The molecule has 2 N–H and O–H groups in total. The first-order valence-corrected chi connectivity index (χ1v) is 7.34. The number of hydrogen-bond donors (Lipinski definition) is 1. The zero-order chi connectivity index (χ0) is 14.2. The minimum Gasteiger partial charge on any atom is -0.488 e. The van der Waals surface area contributed by atoms with Crippen LogP contribution >= 0.6 is 0 Å². The van der Waals surface area contributed by atoms with Crippen molar-refractivity contribution in [1.82, 2.24) is 4.98 Å². The van der Waals surface area contributed by atoms with E-state index in [1.807, 2.05) is 24.4 Å². The van der Waals surface area contributed by atoms with Gasteiger partial charge in [-0.15, -0.1) is 0 Å². The topological polar surface area (TPSA) is 48.1 Å². The smallest absolute Gasteiger partial charge is 0.143 e. The normalized spacial score (nSPS) is 19.1. The van der Waals surface area contributed by atoms with Crippen LogP contribution < -0.4 is 10.5 Å². The molecular formula is C17H22N2O. The van der Waals surface area contributed by atoms with E-state index < -0.39 is 0 Å². The molecule has 0 aliphatic heterocycles. The average Bonchev–Trinajstić information content (AvgIpc) is 2.44. The molecular weight excluding hydrogens is 248 g/mol. The second-order valence-electron chi connectivity index (χ2n) is 6.56. The van der Waals surface area contributed by atoms with Gasteiger partial charge in [-0.05, 0) is 49.3 Å². The standard InChI is InChI=1S/C17H22N2O/c1-17(2)8-5-13(6-9-17)20-15-4-3-12-11-19-10-7-14(12)16(15)18/h3-4,7,10-11,13H,5-6,8-9,18H2,1-2H3. The zero-order valence-corrected chi connectivity index (χ0v) is 12.2. The van der Waals surface area contributed by atoms with Crippen molar-refractivity contribution in [3.05, 3.63) is 30.6 Å². The van der Waals surface area contributed by atoms with Gasteiger partial charge in [0.05, 0.1) is 11.8 Å². The van der Waals surface area contributed by atoms with Gasteiger partial charge in [0.15, 0.2) is 0 Å². The Hall–Kier alpha value is -1.77. The van der Waals surface area contributed by atoms with Crippen LogP contribution in [-0.4, -0.2) is 11.1 Å². The van der Waals surface area contributed by atoms with E-state index in [1.54, 1.807) is 6.20 Å². The number of nitrogen functional groups attached to an aromatic ring is 1. The van der Waals surface area contributed by atoms with Crippen LogP contribution in [0.2, 0.25) is 0 Å². The summed E-state index contributed by atoms with van der Waals surface area (Å²) in [5.74, 6) is 0.813. The van der Waals surface area contributed by atoms with E-state index in [2.05, 4.69) is 18.8 Å². The van der Waals surface area contributed by atoms with Crippen molar-refractivity contribution in [2.45, 2.75) is 45.6 Å². The van der Waals surface area contributed by atoms with Gasteiger partial charge in [-0.1, -0.05) is 13.8 Å². The van der Waals surface area contributed by atoms with Crippen LogP contribution in [0, 0.1) is 5.41 Å². The number of nitrogens with zero attached hydrogens (tertiary/aromatic N) is 1. The number of anilines is 1. The number of pyridine rings is 1. The summed E-state index contributed by atoms with van der Waals surface area (Å²) >= 11 is 0. The lowest BCUT2D eigenvalue weighted by Gasteiger charge is -2.34. The number of ether oxygens (including phenoxy) is 1. The van der Waals surface area contributed by atoms with Crippen molar-refractivity contribution in [3.8, 4) is 5.75 Å². The maximum atomic E-state index is 6.24. The molecule has 2 aromatic rings. The quantitative estimate of drug-likeness (QED) is 0.833. The number of hydrogen-bond acceptors (Lipinski definition) is 3. The van der Waals surface area contributed by atoms with Crippen LogP contribution in [0.4, 0.5) is 5.69 Å². The van der Waals surface area contributed by atoms with Crippen LogP contribution in [0.5, 0.6) is 5.75 Å². The first-order chi connectivity index (χ1) is 9.55. The molecule has 0 amide bonds. The summed E-state index contributed by atoms with van der Waals surface area (Å²) < 4.78 is 6.14. The highest BCUT2D eigenvalue weighted by atomic mass is 16.5. The summed E-state index contributed by atoms with van der Waals surface area (Å²) in [4.78, 5) is 4.12. The highest BCUT2D eigenvalue weighted by Crippen LogP contribution is 2.38. The van der Waals surface area contributed by atoms with Crippen molar-refractivity contribution in [2.24, 2.45) is 5.41 Å². The highest BCUT2D eigenvalue weighted by molar-refractivity contribution is 5.95. The van der Waals surface area contributed by atoms with Crippen LogP contribution in [0.1, 0.15) is 39.5 Å². The monoisotopic (exact) mass is 270 g/mol. The van der Waals surface area contributed by atoms with Crippen molar-refractivity contribution in [2.75, 3.05) is 5.73 Å². The molecule has 0 radical (unpaired) electrons. The van der Waals surface area contributed by atoms with Gasteiger partial charge in [0.25, 0.3) is 0 Å². The van der Waals surface area contributed by atoms with Gasteiger partial charge in [0, 0.05) is 23.2 Å². The largest absolute Gasteiger partial charge is 0.488 e. The molecule has 1 heterocycles. The van der Waals surface area contributed by atoms with Gasteiger partial charge in [-0.3, -0.25) is 4.98 Å². The third-order valence-corrected chi connectivity index (χ3v) is 4.40. The fourth-order valence-electron chi connectivity index (χ4n) is 2.95. The van der Waals surface area contributed by atoms with Gasteiger partial charge in [-0.25, -0.2) is 0 Å². The summed E-state index contributed by atoms with van der Waals surface area (Å²) in [6, 6.07) is 5.95. The van der Waals surface area contributed by atoms with E-state index in [0.29, 0.717) is 11.5 Å². The Morgan fingerprint density at radius 1 is 1.20 bits per heavy atom. The van der Waals surface area contributed by atoms with Crippen molar-refractivity contribution in [1.29, 1.82) is 0 Å². The molecule has 1 aliphatic carbocycles. The third kappa shape index (κ3) is 2.58. The Labute approximate surface area is 120 Å². The van der Waals surface area contributed by atoms with Crippen molar-refractivity contribution in [3.63, 3.8) is 0 Å². The molecule has 3 nitrogen and oxygen atoms in total. The SMILES string of the molecule is CC1(C)CCC(Oc2ccc3cnccc3c2N)CC1. The summed E-state index contributed by atoms with van der Waals surface area (Å²) in [6.45, 7) is 4.67. The van der Waals surface area contributed by atoms with Crippen molar-refractivity contribution < 1.29 is 4.74 Å². The number of rotatable bonds is 2. The first kappa shape index (κ1) is 13.2. The Kier molecular flexibility index (Phi) is 3.28. The minimum absolute atomic E-state index is 0.296. The van der Waals surface area contributed by atoms with Crippen molar-refractivity contribution >= 4 is 16.5 Å². The van der Waals surface area contributed by atoms with E-state index in [0.717, 1.165) is 35.1 Å². The Morgan fingerprint density at radius 3 is 2.70 bits per heavy atom. The first-order valence-electron chi connectivity index (χ1n) is 7.34. The molecule has 3 heteroatoms. The molecule has 1 aliphatic rings. The molecule has 1 aromatic heterocycles. The molecule has 0 saturated heterocycles. The molecule has 3 rings (SSSR count). The summed E-state index contributed by atoms with van der Waals surface area (Å²) in [6.07, 6.45) is 8.56.